The summed E-state index contributed by atoms with van der Waals surface area (Å²) in [5.41, 5.74) is 8.98. The van der Waals surface area contributed by atoms with Crippen molar-refractivity contribution in [3.05, 3.63) is 87.5 Å². The molecule has 0 aliphatic carbocycles. The van der Waals surface area contributed by atoms with Gasteiger partial charge < -0.3 is 16.4 Å². The van der Waals surface area contributed by atoms with E-state index in [-0.39, 0.29) is 27.1 Å². The number of fused-ring (bicyclic) bond motifs is 1. The maximum Gasteiger partial charge on any atom is 0.277 e. The molecule has 13 heteroatoms. The molecule has 2 aromatic heterocycles. The highest BCUT2D eigenvalue weighted by Gasteiger charge is 2.30. The second-order valence-electron chi connectivity index (χ2n) is 10.8. The van der Waals surface area contributed by atoms with Crippen LogP contribution in [0.3, 0.4) is 0 Å². The monoisotopic (exact) mass is 664 g/mol. The van der Waals surface area contributed by atoms with E-state index in [0.717, 1.165) is 48.8 Å². The fraction of sp³-hybridized carbons (Fsp3) is 0.382. The van der Waals surface area contributed by atoms with E-state index in [1.165, 1.54) is 16.8 Å². The summed E-state index contributed by atoms with van der Waals surface area (Å²) in [6, 6.07) is 1.32. The maximum absolute atomic E-state index is 13.4. The molecule has 252 valence electrons. The van der Waals surface area contributed by atoms with Crippen molar-refractivity contribution in [2.24, 2.45) is 0 Å². The summed E-state index contributed by atoms with van der Waals surface area (Å²) < 4.78 is 14.9. The molecule has 0 spiro atoms. The zero-order chi connectivity index (χ0) is 34.9. The molecule has 0 radical (unpaired) electrons. The maximum atomic E-state index is 13.4. The third-order valence-electron chi connectivity index (χ3n) is 7.18. The zero-order valence-electron chi connectivity index (χ0n) is 27.5. The Kier molecular flexibility index (Phi) is 16.2. The Bertz CT molecular complexity index is 1610. The fourth-order valence-electron chi connectivity index (χ4n) is 4.54. The lowest BCUT2D eigenvalue weighted by Crippen LogP contribution is -2.37. The van der Waals surface area contributed by atoms with Gasteiger partial charge in [0, 0.05) is 31.8 Å². The molecule has 2 aromatic rings. The van der Waals surface area contributed by atoms with Crippen LogP contribution in [-0.2, 0) is 16.0 Å². The Hall–Kier alpha value is -4.65. The first-order chi connectivity index (χ1) is 22.5. The number of amides is 1. The van der Waals surface area contributed by atoms with Gasteiger partial charge in [-0.3, -0.25) is 29.8 Å². The van der Waals surface area contributed by atoms with Crippen LogP contribution in [-0.4, -0.2) is 50.4 Å². The van der Waals surface area contributed by atoms with Gasteiger partial charge in [-0.05, 0) is 67.6 Å². The fourth-order valence-corrected chi connectivity index (χ4v) is 5.03. The van der Waals surface area contributed by atoms with Gasteiger partial charge in [0.2, 0.25) is 5.91 Å². The molecule has 0 fully saturated rings. The first-order valence-electron chi connectivity index (χ1n) is 15.5. The summed E-state index contributed by atoms with van der Waals surface area (Å²) in [4.78, 5) is 44.3. The number of aryl methyl sites for hydroxylation is 2. The van der Waals surface area contributed by atoms with Crippen molar-refractivity contribution in [1.29, 1.82) is 10.8 Å². The van der Waals surface area contributed by atoms with Gasteiger partial charge in [-0.1, -0.05) is 57.1 Å². The van der Waals surface area contributed by atoms with Crippen LogP contribution in [0.25, 0.3) is 6.08 Å². The van der Waals surface area contributed by atoms with E-state index in [1.807, 2.05) is 26.0 Å². The minimum absolute atomic E-state index is 0.122. The average molecular weight is 665 g/mol. The molecule has 1 aliphatic rings. The van der Waals surface area contributed by atoms with E-state index in [4.69, 9.17) is 16.6 Å². The third-order valence-corrected chi connectivity index (χ3v) is 7.95. The second kappa shape index (κ2) is 19.8. The number of nitrogens with zero attached hydrogens (tertiary/aromatic N) is 3. The SMILES string of the molecule is C=C(C(=N)SC(=N)C=O)/C(F)=C\C=C/CCC.CCCC/C(=C\c1cnc(N)cc1C)CNC(=O)C1CCc2ncc(NC)c(=O)n21. The van der Waals surface area contributed by atoms with Gasteiger partial charge >= 0.3 is 0 Å². The van der Waals surface area contributed by atoms with Crippen molar-refractivity contribution in [2.45, 2.75) is 71.8 Å². The highest BCUT2D eigenvalue weighted by Crippen LogP contribution is 2.24. The van der Waals surface area contributed by atoms with Crippen molar-refractivity contribution in [3.63, 3.8) is 0 Å². The number of anilines is 2. The Balaban J connectivity index is 0.000000387. The van der Waals surface area contributed by atoms with Crippen LogP contribution in [0.5, 0.6) is 0 Å². The molecule has 0 bridgehead atoms. The Morgan fingerprint density at radius 2 is 2.00 bits per heavy atom. The smallest absolute Gasteiger partial charge is 0.277 e. The molecule has 1 aliphatic heterocycles. The number of hydrogen-bond acceptors (Lipinski definition) is 10. The Morgan fingerprint density at radius 3 is 2.64 bits per heavy atom. The van der Waals surface area contributed by atoms with Gasteiger partial charge in [-0.25, -0.2) is 14.4 Å². The number of aldehydes is 1. The summed E-state index contributed by atoms with van der Waals surface area (Å²) in [6.07, 6.45) is 16.3. The Morgan fingerprint density at radius 1 is 1.26 bits per heavy atom. The minimum atomic E-state index is -0.631. The number of nitrogens with one attached hydrogen (secondary N) is 4. The Labute approximate surface area is 279 Å². The number of unbranched alkanes of at least 4 members (excludes halogenated alkanes) is 2. The lowest BCUT2D eigenvalue weighted by atomic mass is 10.0. The van der Waals surface area contributed by atoms with E-state index in [1.54, 1.807) is 19.3 Å². The number of pyridine rings is 1. The number of halogens is 1. The van der Waals surface area contributed by atoms with Crippen molar-refractivity contribution in [3.8, 4) is 0 Å². The number of rotatable bonds is 14. The molecule has 1 atom stereocenters. The zero-order valence-corrected chi connectivity index (χ0v) is 28.3. The van der Waals surface area contributed by atoms with Crippen LogP contribution in [0.15, 0.2) is 65.0 Å². The summed E-state index contributed by atoms with van der Waals surface area (Å²) >= 11 is 0.574. The van der Waals surface area contributed by atoms with Crippen LogP contribution in [0.2, 0.25) is 0 Å². The molecule has 0 aromatic carbocycles. The summed E-state index contributed by atoms with van der Waals surface area (Å²) in [7, 11) is 1.67. The first kappa shape index (κ1) is 38.5. The third kappa shape index (κ3) is 11.9. The molecule has 1 amide bonds. The molecule has 11 nitrogen and oxygen atoms in total. The quantitative estimate of drug-likeness (QED) is 0.0697. The number of hydrogen-bond donors (Lipinski definition) is 5. The number of carbonyl (C=O) groups excluding carboxylic acids is 2. The van der Waals surface area contributed by atoms with E-state index >= 15 is 0 Å². The largest absolute Gasteiger partial charge is 0.384 e. The van der Waals surface area contributed by atoms with Crippen molar-refractivity contribution < 1.29 is 14.0 Å². The molecule has 1 unspecified atom stereocenters. The van der Waals surface area contributed by atoms with E-state index in [2.05, 4.69) is 40.2 Å². The van der Waals surface area contributed by atoms with Crippen LogP contribution in [0.1, 0.15) is 75.4 Å². The number of nitrogen functional groups attached to an aromatic ring is 1. The number of aromatic nitrogens is 3. The topological polar surface area (TPSA) is 180 Å². The molecule has 3 rings (SSSR count). The number of allylic oxidation sites excluding steroid dienone is 4. The molecule has 0 saturated carbocycles. The van der Waals surface area contributed by atoms with Crippen LogP contribution >= 0.6 is 11.8 Å². The van der Waals surface area contributed by atoms with Crippen molar-refractivity contribution in [1.82, 2.24) is 19.9 Å². The van der Waals surface area contributed by atoms with E-state index < -0.39 is 11.9 Å². The number of nitrogens with two attached hydrogens (primary N) is 1. The van der Waals surface area contributed by atoms with Crippen LogP contribution < -0.4 is 21.9 Å². The molecule has 0 saturated heterocycles. The summed E-state index contributed by atoms with van der Waals surface area (Å²) in [6.45, 7) is 9.99. The average Bonchev–Trinajstić information content (AvgIpc) is 3.50. The lowest BCUT2D eigenvalue weighted by molar-refractivity contribution is -0.124. The molecular formula is C34H45FN8O3S. The normalized spacial score (nSPS) is 14.2. The first-order valence-corrected chi connectivity index (χ1v) is 16.3. The molecule has 6 N–H and O–H groups in total. The standard InChI is InChI=1S/C22H30N6O2.C12H15FN2OS/c1-4-5-6-15(10-16-12-25-19(23)9-14(16)2)11-27-21(29)18-7-8-20-26-13-17(24-3)22(30)28(18)20;1-3-4-5-6-7-10(13)9(2)12(15)17-11(14)8-16/h9-10,12-13,18,24H,4-8,11H2,1-3H3,(H2,23,25)(H,27,29);5-8,14-15H,2-4H2,1H3/b15-10+;6-5-,10-7+,14-11?,15-12?. The summed E-state index contributed by atoms with van der Waals surface area (Å²) in [5.74, 6) is 0.367. The number of thioether (sulfide) groups is 1. The van der Waals surface area contributed by atoms with E-state index in [0.29, 0.717) is 54.8 Å². The highest BCUT2D eigenvalue weighted by atomic mass is 32.2. The number of carbonyl (C=O) groups is 2. The predicted octanol–water partition coefficient (Wildman–Crippen LogP) is 6.09. The van der Waals surface area contributed by atoms with Gasteiger partial charge in [-0.2, -0.15) is 0 Å². The van der Waals surface area contributed by atoms with Gasteiger partial charge in [-0.15, -0.1) is 0 Å². The minimum Gasteiger partial charge on any atom is -0.384 e. The van der Waals surface area contributed by atoms with Crippen molar-refractivity contribution >= 4 is 51.6 Å². The van der Waals surface area contributed by atoms with Gasteiger partial charge in [0.15, 0.2) is 6.29 Å². The second-order valence-corrected chi connectivity index (χ2v) is 11.8. The molecule has 3 heterocycles. The highest BCUT2D eigenvalue weighted by molar-refractivity contribution is 8.28. The van der Waals surface area contributed by atoms with Crippen LogP contribution in [0, 0.1) is 17.7 Å². The van der Waals surface area contributed by atoms with Gasteiger partial charge in [0.1, 0.15) is 39.3 Å². The van der Waals surface area contributed by atoms with Gasteiger partial charge in [0.25, 0.3) is 5.56 Å². The van der Waals surface area contributed by atoms with Crippen molar-refractivity contribution in [2.75, 3.05) is 24.6 Å². The lowest BCUT2D eigenvalue weighted by Gasteiger charge is -2.16. The molecule has 47 heavy (non-hydrogen) atoms. The van der Waals surface area contributed by atoms with Gasteiger partial charge in [0.05, 0.1) is 6.20 Å². The summed E-state index contributed by atoms with van der Waals surface area (Å²) in [5, 5.41) is 19.8. The van der Waals surface area contributed by atoms with E-state index in [9.17, 15) is 18.8 Å². The van der Waals surface area contributed by atoms with Crippen LogP contribution in [0.4, 0.5) is 15.9 Å². The predicted molar refractivity (Wildman–Crippen MR) is 191 cm³/mol. The molecular weight excluding hydrogens is 619 g/mol.